The highest BCUT2D eigenvalue weighted by molar-refractivity contribution is 7.13. The molecule has 1 fully saturated rings. The third-order valence-electron chi connectivity index (χ3n) is 3.56. The van der Waals surface area contributed by atoms with E-state index in [-0.39, 0.29) is 37.2 Å². The molecule has 1 aromatic heterocycles. The fourth-order valence-corrected chi connectivity index (χ4v) is 3.20. The van der Waals surface area contributed by atoms with Crippen LogP contribution in [0.5, 0.6) is 0 Å². The lowest BCUT2D eigenvalue weighted by molar-refractivity contribution is 0.100. The molecule has 0 saturated carbocycles. The maximum absolute atomic E-state index is 11.1. The van der Waals surface area contributed by atoms with E-state index in [4.69, 9.17) is 5.73 Å². The number of hydrogen-bond donors (Lipinski definition) is 2. The van der Waals surface area contributed by atoms with Crippen molar-refractivity contribution >= 4 is 54.5 Å². The van der Waals surface area contributed by atoms with E-state index in [9.17, 15) is 4.79 Å². The number of aromatic nitrogens is 1. The van der Waals surface area contributed by atoms with Gasteiger partial charge in [-0.25, -0.2) is 4.98 Å². The van der Waals surface area contributed by atoms with Gasteiger partial charge in [-0.15, -0.1) is 48.6 Å². The Morgan fingerprint density at radius 1 is 1.17 bits per heavy atom. The molecule has 0 atom stereocenters. The van der Waals surface area contributed by atoms with Gasteiger partial charge in [0.1, 0.15) is 5.01 Å². The smallest absolute Gasteiger partial charge is 0.248 e. The molecule has 24 heavy (non-hydrogen) atoms. The molecule has 0 bridgehead atoms. The molecule has 1 saturated heterocycles. The Labute approximate surface area is 164 Å². The Hall–Kier alpha value is -0.890. The summed E-state index contributed by atoms with van der Waals surface area (Å²) in [6.07, 6.45) is 0. The highest BCUT2D eigenvalue weighted by atomic mass is 35.5. The van der Waals surface area contributed by atoms with Gasteiger partial charge in [-0.3, -0.25) is 9.69 Å². The van der Waals surface area contributed by atoms with Crippen molar-refractivity contribution in [3.63, 3.8) is 0 Å². The van der Waals surface area contributed by atoms with Crippen LogP contribution in [-0.2, 0) is 6.54 Å². The van der Waals surface area contributed by atoms with E-state index in [0.717, 1.165) is 49.0 Å². The van der Waals surface area contributed by atoms with Gasteiger partial charge in [0, 0.05) is 49.2 Å². The van der Waals surface area contributed by atoms with E-state index in [1.807, 2.05) is 12.1 Å². The lowest BCUT2D eigenvalue weighted by Gasteiger charge is -2.26. The van der Waals surface area contributed by atoms with Crippen LogP contribution in [0.4, 0.5) is 0 Å². The normalized spacial score (nSPS) is 14.0. The van der Waals surface area contributed by atoms with Gasteiger partial charge in [0.25, 0.3) is 0 Å². The third kappa shape index (κ3) is 5.88. The molecule has 0 radical (unpaired) electrons. The molecule has 9 heteroatoms. The first-order chi connectivity index (χ1) is 10.2. The average Bonchev–Trinajstić information content (AvgIpc) is 2.97. The van der Waals surface area contributed by atoms with Crippen LogP contribution in [0.1, 0.15) is 16.1 Å². The summed E-state index contributed by atoms with van der Waals surface area (Å²) in [6.45, 7) is 5.13. The number of rotatable bonds is 4. The monoisotopic (exact) mass is 410 g/mol. The van der Waals surface area contributed by atoms with Gasteiger partial charge in [-0.05, 0) is 12.1 Å². The predicted molar refractivity (Wildman–Crippen MR) is 106 cm³/mol. The molecule has 1 aromatic carbocycles. The number of carbonyl (C=O) groups is 1. The molecule has 2 heterocycles. The van der Waals surface area contributed by atoms with Crippen molar-refractivity contribution in [3.05, 3.63) is 40.9 Å². The molecular formula is C15H21Cl3N4OS. The van der Waals surface area contributed by atoms with Gasteiger partial charge in [0.15, 0.2) is 0 Å². The molecule has 2 aromatic rings. The number of carbonyl (C=O) groups excluding carboxylic acids is 1. The van der Waals surface area contributed by atoms with Crippen molar-refractivity contribution in [2.45, 2.75) is 6.54 Å². The van der Waals surface area contributed by atoms with Crippen LogP contribution < -0.4 is 11.1 Å². The summed E-state index contributed by atoms with van der Waals surface area (Å²) in [4.78, 5) is 18.2. The number of benzene rings is 1. The van der Waals surface area contributed by atoms with Crippen LogP contribution in [0.2, 0.25) is 0 Å². The number of hydrogen-bond acceptors (Lipinski definition) is 5. The molecule has 0 unspecified atom stereocenters. The number of nitrogens with zero attached hydrogens (tertiary/aromatic N) is 2. The molecular weight excluding hydrogens is 391 g/mol. The summed E-state index contributed by atoms with van der Waals surface area (Å²) in [5, 5.41) is 6.44. The second-order valence-corrected chi connectivity index (χ2v) is 5.97. The highest BCUT2D eigenvalue weighted by Gasteiger charge is 2.12. The number of thiazole rings is 1. The molecule has 3 rings (SSSR count). The zero-order valence-electron chi connectivity index (χ0n) is 12.9. The molecule has 3 N–H and O–H groups in total. The van der Waals surface area contributed by atoms with Crippen LogP contribution in [0.3, 0.4) is 0 Å². The van der Waals surface area contributed by atoms with E-state index in [2.05, 4.69) is 20.6 Å². The summed E-state index contributed by atoms with van der Waals surface area (Å²) in [7, 11) is 0. The Balaban J connectivity index is 0.00000176. The number of nitrogens with one attached hydrogen (secondary N) is 1. The van der Waals surface area contributed by atoms with Gasteiger partial charge >= 0.3 is 0 Å². The van der Waals surface area contributed by atoms with Crippen LogP contribution in [0.25, 0.3) is 10.6 Å². The largest absolute Gasteiger partial charge is 0.366 e. The first kappa shape index (κ1) is 23.1. The van der Waals surface area contributed by atoms with E-state index in [0.29, 0.717) is 5.56 Å². The summed E-state index contributed by atoms with van der Waals surface area (Å²) in [5.74, 6) is -0.403. The maximum atomic E-state index is 11.1. The zero-order chi connectivity index (χ0) is 14.7. The Morgan fingerprint density at radius 3 is 2.38 bits per heavy atom. The maximum Gasteiger partial charge on any atom is 0.248 e. The number of nitrogens with two attached hydrogens (primary N) is 1. The first-order valence-corrected chi connectivity index (χ1v) is 7.88. The van der Waals surface area contributed by atoms with Gasteiger partial charge < -0.3 is 11.1 Å². The quantitative estimate of drug-likeness (QED) is 0.811. The fraction of sp³-hybridized carbons (Fsp3) is 0.333. The summed E-state index contributed by atoms with van der Waals surface area (Å²) >= 11 is 1.64. The predicted octanol–water partition coefficient (Wildman–Crippen LogP) is 2.58. The minimum absolute atomic E-state index is 0. The lowest BCUT2D eigenvalue weighted by Crippen LogP contribution is -2.42. The minimum Gasteiger partial charge on any atom is -0.366 e. The first-order valence-electron chi connectivity index (χ1n) is 7.00. The van der Waals surface area contributed by atoms with Crippen molar-refractivity contribution < 1.29 is 4.79 Å². The van der Waals surface area contributed by atoms with E-state index < -0.39 is 5.91 Å². The Kier molecular flexibility index (Phi) is 10.5. The van der Waals surface area contributed by atoms with Crippen molar-refractivity contribution in [2.75, 3.05) is 26.2 Å². The molecule has 0 spiro atoms. The molecule has 5 nitrogen and oxygen atoms in total. The number of amides is 1. The van der Waals surface area contributed by atoms with Crippen LogP contribution >= 0.6 is 48.6 Å². The Bertz CT molecular complexity index is 630. The van der Waals surface area contributed by atoms with Crippen LogP contribution in [0.15, 0.2) is 29.6 Å². The van der Waals surface area contributed by atoms with Crippen molar-refractivity contribution in [1.29, 1.82) is 0 Å². The molecule has 1 amide bonds. The summed E-state index contributed by atoms with van der Waals surface area (Å²) in [5.41, 5.74) is 7.90. The molecule has 1 aliphatic rings. The van der Waals surface area contributed by atoms with Crippen LogP contribution in [-0.4, -0.2) is 42.0 Å². The molecule has 0 aliphatic carbocycles. The lowest BCUT2D eigenvalue weighted by atomic mass is 10.1. The fourth-order valence-electron chi connectivity index (χ4n) is 2.39. The van der Waals surface area contributed by atoms with Gasteiger partial charge in [0.2, 0.25) is 5.91 Å². The van der Waals surface area contributed by atoms with Crippen molar-refractivity contribution in [2.24, 2.45) is 5.73 Å². The minimum atomic E-state index is -0.403. The zero-order valence-corrected chi connectivity index (χ0v) is 16.2. The van der Waals surface area contributed by atoms with Gasteiger partial charge in [0.05, 0.1) is 5.69 Å². The van der Waals surface area contributed by atoms with Crippen LogP contribution in [0, 0.1) is 0 Å². The van der Waals surface area contributed by atoms with Gasteiger partial charge in [-0.2, -0.15) is 0 Å². The SMILES string of the molecule is Cl.Cl.Cl.NC(=O)c1ccc(-c2nc(CN3CCNCC3)cs2)cc1. The Morgan fingerprint density at radius 2 is 1.79 bits per heavy atom. The summed E-state index contributed by atoms with van der Waals surface area (Å²) in [6, 6.07) is 7.28. The molecule has 1 aliphatic heterocycles. The summed E-state index contributed by atoms with van der Waals surface area (Å²) < 4.78 is 0. The second-order valence-electron chi connectivity index (χ2n) is 5.11. The number of halogens is 3. The highest BCUT2D eigenvalue weighted by Crippen LogP contribution is 2.24. The van der Waals surface area contributed by atoms with Crippen molar-refractivity contribution in [1.82, 2.24) is 15.2 Å². The second kappa shape index (κ2) is 10.9. The van der Waals surface area contributed by atoms with Gasteiger partial charge in [-0.1, -0.05) is 12.1 Å². The standard InChI is InChI=1S/C15H18N4OS.3ClH/c16-14(20)11-1-3-12(4-2-11)15-18-13(10-21-15)9-19-7-5-17-6-8-19;;;/h1-4,10,17H,5-9H2,(H2,16,20);3*1H. The third-order valence-corrected chi connectivity index (χ3v) is 4.50. The van der Waals surface area contributed by atoms with E-state index in [1.54, 1.807) is 23.5 Å². The number of primary amides is 1. The average molecular weight is 412 g/mol. The topological polar surface area (TPSA) is 71.2 Å². The molecule has 134 valence electrons. The van der Waals surface area contributed by atoms with Crippen molar-refractivity contribution in [3.8, 4) is 10.6 Å². The number of piperazine rings is 1. The van der Waals surface area contributed by atoms with E-state index >= 15 is 0 Å². The van der Waals surface area contributed by atoms with E-state index in [1.165, 1.54) is 0 Å².